The number of rotatable bonds is 6. The van der Waals surface area contributed by atoms with Crippen LogP contribution in [-0.2, 0) is 6.54 Å². The molecule has 0 radical (unpaired) electrons. The molecule has 0 aliphatic heterocycles. The van der Waals surface area contributed by atoms with Crippen LogP contribution in [0, 0.1) is 0 Å². The van der Waals surface area contributed by atoms with Crippen LogP contribution in [0.3, 0.4) is 0 Å². The van der Waals surface area contributed by atoms with Crippen molar-refractivity contribution in [2.45, 2.75) is 13.0 Å². The molecule has 0 aliphatic carbocycles. The van der Waals surface area contributed by atoms with Crippen LogP contribution in [0.15, 0.2) is 21.1 Å². The Balaban J connectivity index is 2.77. The highest BCUT2D eigenvalue weighted by molar-refractivity contribution is 9.11. The predicted octanol–water partition coefficient (Wildman–Crippen LogP) is 2.69. The van der Waals surface area contributed by atoms with Crippen LogP contribution in [-0.4, -0.2) is 25.4 Å². The molecule has 0 aromatic heterocycles. The zero-order valence-corrected chi connectivity index (χ0v) is 12.3. The molecule has 1 rings (SSSR count). The van der Waals surface area contributed by atoms with E-state index < -0.39 is 0 Å². The van der Waals surface area contributed by atoms with Crippen molar-refractivity contribution in [3.8, 4) is 5.75 Å². The average Bonchev–Trinajstić information content (AvgIpc) is 2.23. The van der Waals surface area contributed by atoms with Crippen molar-refractivity contribution in [1.82, 2.24) is 5.32 Å². The van der Waals surface area contributed by atoms with E-state index in [1.165, 1.54) is 5.56 Å². The van der Waals surface area contributed by atoms with Gasteiger partial charge in [-0.25, -0.2) is 0 Å². The Labute approximate surface area is 112 Å². The zero-order chi connectivity index (χ0) is 12.0. The summed E-state index contributed by atoms with van der Waals surface area (Å²) in [5, 5.41) is 11.8. The van der Waals surface area contributed by atoms with E-state index in [1.54, 1.807) is 0 Å². The fourth-order valence-electron chi connectivity index (χ4n) is 1.30. The highest BCUT2D eigenvalue weighted by Gasteiger charge is 2.08. The van der Waals surface area contributed by atoms with Crippen LogP contribution in [0.5, 0.6) is 5.75 Å². The summed E-state index contributed by atoms with van der Waals surface area (Å²) in [6.07, 6.45) is 0.636. The summed E-state index contributed by atoms with van der Waals surface area (Å²) < 4.78 is 7.41. The average molecular weight is 353 g/mol. The monoisotopic (exact) mass is 351 g/mol. The summed E-state index contributed by atoms with van der Waals surface area (Å²) in [7, 11) is 1.91. The molecule has 2 N–H and O–H groups in total. The quantitative estimate of drug-likeness (QED) is 0.773. The number of hydrogen-bond acceptors (Lipinski definition) is 3. The molecule has 0 saturated carbocycles. The van der Waals surface area contributed by atoms with E-state index >= 15 is 0 Å². The van der Waals surface area contributed by atoms with Gasteiger partial charge in [0.15, 0.2) is 0 Å². The molecule has 0 saturated heterocycles. The van der Waals surface area contributed by atoms with Gasteiger partial charge in [0, 0.05) is 19.6 Å². The number of halogens is 2. The Morgan fingerprint density at radius 3 is 2.44 bits per heavy atom. The molecule has 0 aliphatic rings. The molecular formula is C11H15Br2NO2. The molecule has 0 spiro atoms. The molecule has 5 heteroatoms. The fraction of sp³-hybridized carbons (Fsp3) is 0.455. The number of aliphatic hydroxyl groups excluding tert-OH is 1. The maximum atomic E-state index is 8.69. The molecule has 3 nitrogen and oxygen atoms in total. The fourth-order valence-corrected chi connectivity index (χ4v) is 2.81. The first-order chi connectivity index (χ1) is 7.69. The first-order valence-corrected chi connectivity index (χ1v) is 6.63. The predicted molar refractivity (Wildman–Crippen MR) is 71.8 cm³/mol. The minimum Gasteiger partial charge on any atom is -0.491 e. The van der Waals surface area contributed by atoms with Crippen LogP contribution in [0.2, 0.25) is 0 Å². The molecule has 0 amide bonds. The number of benzene rings is 1. The lowest BCUT2D eigenvalue weighted by Crippen LogP contribution is -2.06. The maximum Gasteiger partial charge on any atom is 0.147 e. The van der Waals surface area contributed by atoms with Crippen molar-refractivity contribution in [2.24, 2.45) is 0 Å². The summed E-state index contributed by atoms with van der Waals surface area (Å²) in [5.41, 5.74) is 1.18. The minimum atomic E-state index is 0.146. The van der Waals surface area contributed by atoms with Crippen LogP contribution in [0.4, 0.5) is 0 Å². The van der Waals surface area contributed by atoms with Gasteiger partial charge < -0.3 is 15.2 Å². The van der Waals surface area contributed by atoms with Gasteiger partial charge >= 0.3 is 0 Å². The van der Waals surface area contributed by atoms with Gasteiger partial charge in [-0.1, -0.05) is 0 Å². The van der Waals surface area contributed by atoms with Gasteiger partial charge in [-0.3, -0.25) is 0 Å². The SMILES string of the molecule is CNCc1cc(Br)c(OCCCO)c(Br)c1. The number of ether oxygens (including phenoxy) is 1. The summed E-state index contributed by atoms with van der Waals surface area (Å²) in [5.74, 6) is 0.785. The van der Waals surface area contributed by atoms with Gasteiger partial charge in [0.1, 0.15) is 5.75 Å². The molecule has 0 heterocycles. The smallest absolute Gasteiger partial charge is 0.147 e. The third-order valence-corrected chi connectivity index (χ3v) is 3.17. The van der Waals surface area contributed by atoms with Gasteiger partial charge in [0.25, 0.3) is 0 Å². The topological polar surface area (TPSA) is 41.5 Å². The van der Waals surface area contributed by atoms with Crippen molar-refractivity contribution in [3.63, 3.8) is 0 Å². The van der Waals surface area contributed by atoms with Crippen molar-refractivity contribution >= 4 is 31.9 Å². The van der Waals surface area contributed by atoms with Gasteiger partial charge in [-0.15, -0.1) is 0 Å². The van der Waals surface area contributed by atoms with Crippen LogP contribution >= 0.6 is 31.9 Å². The van der Waals surface area contributed by atoms with E-state index in [4.69, 9.17) is 9.84 Å². The Bertz CT molecular complexity index is 322. The summed E-state index contributed by atoms with van der Waals surface area (Å²) in [6, 6.07) is 4.05. The van der Waals surface area contributed by atoms with Crippen LogP contribution in [0.25, 0.3) is 0 Å². The van der Waals surface area contributed by atoms with Gasteiger partial charge in [-0.2, -0.15) is 0 Å². The Hall–Kier alpha value is -0.100. The Morgan fingerprint density at radius 1 is 1.31 bits per heavy atom. The molecule has 16 heavy (non-hydrogen) atoms. The summed E-state index contributed by atoms with van der Waals surface area (Å²) in [4.78, 5) is 0. The normalized spacial score (nSPS) is 10.5. The lowest BCUT2D eigenvalue weighted by molar-refractivity contribution is 0.232. The first-order valence-electron chi connectivity index (χ1n) is 5.05. The lowest BCUT2D eigenvalue weighted by atomic mass is 10.2. The minimum absolute atomic E-state index is 0.146. The van der Waals surface area contributed by atoms with E-state index in [-0.39, 0.29) is 6.61 Å². The van der Waals surface area contributed by atoms with Gasteiger partial charge in [-0.05, 0) is 56.6 Å². The molecule has 90 valence electrons. The highest BCUT2D eigenvalue weighted by atomic mass is 79.9. The second-order valence-electron chi connectivity index (χ2n) is 3.34. The number of aliphatic hydroxyl groups is 1. The Kier molecular flexibility index (Phi) is 6.34. The molecule has 1 aromatic rings. The molecule has 0 bridgehead atoms. The van der Waals surface area contributed by atoms with Gasteiger partial charge in [0.05, 0.1) is 15.6 Å². The van der Waals surface area contributed by atoms with Crippen LogP contribution < -0.4 is 10.1 Å². The first kappa shape index (κ1) is 14.0. The van der Waals surface area contributed by atoms with E-state index in [2.05, 4.69) is 37.2 Å². The van der Waals surface area contributed by atoms with Crippen molar-refractivity contribution in [3.05, 3.63) is 26.6 Å². The summed E-state index contributed by atoms with van der Waals surface area (Å²) in [6.45, 7) is 1.47. The lowest BCUT2D eigenvalue weighted by Gasteiger charge is -2.11. The zero-order valence-electron chi connectivity index (χ0n) is 9.09. The van der Waals surface area contributed by atoms with Crippen LogP contribution in [0.1, 0.15) is 12.0 Å². The van der Waals surface area contributed by atoms with Gasteiger partial charge in [0.2, 0.25) is 0 Å². The largest absolute Gasteiger partial charge is 0.491 e. The van der Waals surface area contributed by atoms with E-state index in [9.17, 15) is 0 Å². The molecule has 0 atom stereocenters. The van der Waals surface area contributed by atoms with E-state index in [0.29, 0.717) is 13.0 Å². The van der Waals surface area contributed by atoms with Crippen molar-refractivity contribution < 1.29 is 9.84 Å². The second kappa shape index (κ2) is 7.27. The Morgan fingerprint density at radius 2 is 1.94 bits per heavy atom. The second-order valence-corrected chi connectivity index (χ2v) is 5.05. The van der Waals surface area contributed by atoms with Crippen molar-refractivity contribution in [2.75, 3.05) is 20.3 Å². The standard InChI is InChI=1S/C11H15Br2NO2/c1-14-7-8-5-9(12)11(10(13)6-8)16-4-2-3-15/h5-6,14-15H,2-4,7H2,1H3. The summed E-state index contributed by atoms with van der Waals surface area (Å²) >= 11 is 6.95. The molecule has 1 aromatic carbocycles. The maximum absolute atomic E-state index is 8.69. The van der Waals surface area contributed by atoms with Crippen molar-refractivity contribution in [1.29, 1.82) is 0 Å². The molecule has 0 fully saturated rings. The number of nitrogens with one attached hydrogen (secondary N) is 1. The van der Waals surface area contributed by atoms with E-state index in [0.717, 1.165) is 21.2 Å². The third kappa shape index (κ3) is 4.05. The number of hydrogen-bond donors (Lipinski definition) is 2. The molecular weight excluding hydrogens is 338 g/mol. The van der Waals surface area contributed by atoms with E-state index in [1.807, 2.05) is 19.2 Å². The highest BCUT2D eigenvalue weighted by Crippen LogP contribution is 2.34. The third-order valence-electron chi connectivity index (χ3n) is 1.99. The molecule has 0 unspecified atom stereocenters.